The van der Waals surface area contributed by atoms with Crippen LogP contribution in [0.5, 0.6) is 0 Å². The number of aliphatic imine (C=N–C) groups is 1. The Hall–Kier alpha value is -2.82. The molecule has 0 radical (unpaired) electrons. The Labute approximate surface area is 148 Å². The zero-order chi connectivity index (χ0) is 17.8. The number of pyridine rings is 1. The molecular weight excluding hydrogens is 310 g/mol. The zero-order valence-corrected chi connectivity index (χ0v) is 15.3. The molecular formula is C20H25N5. The van der Waals surface area contributed by atoms with Gasteiger partial charge in [0, 0.05) is 25.5 Å². The largest absolute Gasteiger partial charge is 0.352 e. The first kappa shape index (κ1) is 17.0. The summed E-state index contributed by atoms with van der Waals surface area (Å²) in [6.45, 7) is 7.71. The van der Waals surface area contributed by atoms with E-state index in [0.29, 0.717) is 6.54 Å². The summed E-state index contributed by atoms with van der Waals surface area (Å²) in [6.07, 6.45) is 2.06. The van der Waals surface area contributed by atoms with Crippen LogP contribution in [0.4, 0.5) is 0 Å². The Morgan fingerprint density at radius 3 is 2.60 bits per heavy atom. The summed E-state index contributed by atoms with van der Waals surface area (Å²) in [6, 6.07) is 12.6. The van der Waals surface area contributed by atoms with Crippen LogP contribution in [-0.4, -0.2) is 22.4 Å². The topological polar surface area (TPSA) is 53.7 Å². The molecule has 0 spiro atoms. The normalized spacial score (nSPS) is 11.8. The van der Waals surface area contributed by atoms with Gasteiger partial charge in [-0.05, 0) is 44.0 Å². The van der Waals surface area contributed by atoms with Gasteiger partial charge in [0.2, 0.25) is 0 Å². The minimum absolute atomic E-state index is 0.633. The minimum atomic E-state index is 0.633. The van der Waals surface area contributed by atoms with E-state index in [0.717, 1.165) is 23.8 Å². The van der Waals surface area contributed by atoms with E-state index in [9.17, 15) is 0 Å². The highest BCUT2D eigenvalue weighted by molar-refractivity contribution is 5.79. The van der Waals surface area contributed by atoms with Crippen LogP contribution in [0, 0.1) is 20.8 Å². The lowest BCUT2D eigenvalue weighted by Gasteiger charge is -2.12. The van der Waals surface area contributed by atoms with Gasteiger partial charge < -0.3 is 15.0 Å². The number of hydrogen-bond donors (Lipinski definition) is 2. The van der Waals surface area contributed by atoms with Crippen molar-refractivity contribution in [2.24, 2.45) is 4.99 Å². The molecule has 0 atom stereocenters. The molecule has 5 nitrogen and oxygen atoms in total. The maximum absolute atomic E-state index is 4.64. The van der Waals surface area contributed by atoms with Crippen molar-refractivity contribution in [1.29, 1.82) is 0 Å². The minimum Gasteiger partial charge on any atom is -0.352 e. The molecule has 3 aromatic rings. The van der Waals surface area contributed by atoms with E-state index < -0.39 is 0 Å². The number of hydrogen-bond acceptors (Lipinski definition) is 2. The molecule has 2 heterocycles. The molecule has 0 aliphatic rings. The standard InChI is InChI=1S/C20H25N5/c1-14-8-9-17(15(2)10-14)11-22-20(21-4)23-12-18-13-25-16(3)6-5-7-19(25)24-18/h5-10,13H,11-12H2,1-4H3,(H2,21,22,23). The number of benzene rings is 1. The summed E-state index contributed by atoms with van der Waals surface area (Å²) in [5.41, 5.74) is 6.98. The molecule has 0 unspecified atom stereocenters. The molecule has 25 heavy (non-hydrogen) atoms. The third kappa shape index (κ3) is 3.99. The Morgan fingerprint density at radius 1 is 1.08 bits per heavy atom. The molecule has 2 N–H and O–H groups in total. The monoisotopic (exact) mass is 335 g/mol. The van der Waals surface area contributed by atoms with E-state index >= 15 is 0 Å². The van der Waals surface area contributed by atoms with Crippen molar-refractivity contribution < 1.29 is 0 Å². The summed E-state index contributed by atoms with van der Waals surface area (Å²) in [5.74, 6) is 0.772. The van der Waals surface area contributed by atoms with Crippen molar-refractivity contribution in [3.8, 4) is 0 Å². The van der Waals surface area contributed by atoms with E-state index in [1.54, 1.807) is 7.05 Å². The predicted molar refractivity (Wildman–Crippen MR) is 103 cm³/mol. The third-order valence-electron chi connectivity index (χ3n) is 4.35. The molecule has 3 rings (SSSR count). The Morgan fingerprint density at radius 2 is 1.88 bits per heavy atom. The van der Waals surface area contributed by atoms with Crippen molar-refractivity contribution >= 4 is 11.6 Å². The fourth-order valence-corrected chi connectivity index (χ4v) is 2.90. The van der Waals surface area contributed by atoms with E-state index in [1.807, 2.05) is 12.1 Å². The molecule has 0 saturated heterocycles. The van der Waals surface area contributed by atoms with Crippen molar-refractivity contribution in [3.63, 3.8) is 0 Å². The number of aromatic nitrogens is 2. The number of guanidine groups is 1. The van der Waals surface area contributed by atoms with Crippen LogP contribution >= 0.6 is 0 Å². The van der Waals surface area contributed by atoms with Gasteiger partial charge >= 0.3 is 0 Å². The van der Waals surface area contributed by atoms with Gasteiger partial charge in [-0.2, -0.15) is 0 Å². The summed E-state index contributed by atoms with van der Waals surface area (Å²) in [7, 11) is 1.78. The average molecular weight is 335 g/mol. The SMILES string of the molecule is CN=C(NCc1cn2c(C)cccc2n1)NCc1ccc(C)cc1C. The highest BCUT2D eigenvalue weighted by Crippen LogP contribution is 2.10. The third-order valence-corrected chi connectivity index (χ3v) is 4.35. The van der Waals surface area contributed by atoms with E-state index in [2.05, 4.69) is 76.2 Å². The maximum Gasteiger partial charge on any atom is 0.191 e. The molecule has 0 aliphatic carbocycles. The number of imidazole rings is 1. The molecule has 2 aromatic heterocycles. The highest BCUT2D eigenvalue weighted by Gasteiger charge is 2.05. The predicted octanol–water partition coefficient (Wildman–Crippen LogP) is 3.12. The number of nitrogens with zero attached hydrogens (tertiary/aromatic N) is 3. The lowest BCUT2D eigenvalue weighted by atomic mass is 10.1. The molecule has 1 aromatic carbocycles. The van der Waals surface area contributed by atoms with Gasteiger partial charge in [-0.25, -0.2) is 4.98 Å². The van der Waals surface area contributed by atoms with Crippen LogP contribution in [-0.2, 0) is 13.1 Å². The maximum atomic E-state index is 4.64. The lowest BCUT2D eigenvalue weighted by molar-refractivity contribution is 0.795. The van der Waals surface area contributed by atoms with Crippen LogP contribution in [0.15, 0.2) is 47.6 Å². The second-order valence-corrected chi connectivity index (χ2v) is 6.34. The Bertz CT molecular complexity index is 908. The fourth-order valence-electron chi connectivity index (χ4n) is 2.90. The van der Waals surface area contributed by atoms with Crippen LogP contribution in [0.2, 0.25) is 0 Å². The smallest absolute Gasteiger partial charge is 0.191 e. The van der Waals surface area contributed by atoms with Gasteiger partial charge in [-0.3, -0.25) is 4.99 Å². The molecule has 0 aliphatic heterocycles. The first-order valence-electron chi connectivity index (χ1n) is 8.51. The summed E-state index contributed by atoms with van der Waals surface area (Å²) in [4.78, 5) is 8.94. The Kier molecular flexibility index (Phi) is 5.03. The summed E-state index contributed by atoms with van der Waals surface area (Å²) >= 11 is 0. The first-order valence-corrected chi connectivity index (χ1v) is 8.51. The van der Waals surface area contributed by atoms with Crippen molar-refractivity contribution in [2.75, 3.05) is 7.05 Å². The van der Waals surface area contributed by atoms with Crippen LogP contribution in [0.25, 0.3) is 5.65 Å². The van der Waals surface area contributed by atoms with Crippen LogP contribution in [0.3, 0.4) is 0 Å². The summed E-state index contributed by atoms with van der Waals surface area (Å²) < 4.78 is 2.10. The first-order chi connectivity index (χ1) is 12.1. The van der Waals surface area contributed by atoms with E-state index in [4.69, 9.17) is 0 Å². The number of fused-ring (bicyclic) bond motifs is 1. The molecule has 0 saturated carbocycles. The molecule has 130 valence electrons. The van der Waals surface area contributed by atoms with Crippen molar-refractivity contribution in [2.45, 2.75) is 33.9 Å². The van der Waals surface area contributed by atoms with Gasteiger partial charge in [0.25, 0.3) is 0 Å². The van der Waals surface area contributed by atoms with E-state index in [-0.39, 0.29) is 0 Å². The van der Waals surface area contributed by atoms with Gasteiger partial charge in [-0.1, -0.05) is 29.8 Å². The zero-order valence-electron chi connectivity index (χ0n) is 15.3. The lowest BCUT2D eigenvalue weighted by Crippen LogP contribution is -2.36. The van der Waals surface area contributed by atoms with Crippen LogP contribution in [0.1, 0.15) is 28.1 Å². The quantitative estimate of drug-likeness (QED) is 0.569. The fraction of sp³-hybridized carbons (Fsp3) is 0.300. The second kappa shape index (κ2) is 7.38. The molecule has 0 fully saturated rings. The van der Waals surface area contributed by atoms with Gasteiger partial charge in [0.1, 0.15) is 5.65 Å². The molecule has 5 heteroatoms. The number of nitrogens with one attached hydrogen (secondary N) is 2. The second-order valence-electron chi connectivity index (χ2n) is 6.34. The number of rotatable bonds is 4. The Balaban J connectivity index is 1.61. The van der Waals surface area contributed by atoms with Crippen LogP contribution < -0.4 is 10.6 Å². The number of aryl methyl sites for hydroxylation is 3. The summed E-state index contributed by atoms with van der Waals surface area (Å²) in [5, 5.41) is 6.70. The van der Waals surface area contributed by atoms with Gasteiger partial charge in [0.15, 0.2) is 5.96 Å². The molecule has 0 amide bonds. The molecule has 0 bridgehead atoms. The van der Waals surface area contributed by atoms with Crippen molar-refractivity contribution in [3.05, 3.63) is 70.7 Å². The average Bonchev–Trinajstić information content (AvgIpc) is 3.01. The van der Waals surface area contributed by atoms with Crippen molar-refractivity contribution in [1.82, 2.24) is 20.0 Å². The van der Waals surface area contributed by atoms with E-state index in [1.165, 1.54) is 22.4 Å². The van der Waals surface area contributed by atoms with Gasteiger partial charge in [0.05, 0.1) is 12.2 Å². The highest BCUT2D eigenvalue weighted by atomic mass is 15.2. The van der Waals surface area contributed by atoms with Gasteiger partial charge in [-0.15, -0.1) is 0 Å².